The smallest absolute Gasteiger partial charge is 0.238 e. The Bertz CT molecular complexity index is 1650. The predicted molar refractivity (Wildman–Crippen MR) is 159 cm³/mol. The Morgan fingerprint density at radius 2 is 1.26 bits per heavy atom. The number of nitrogens with zero attached hydrogens (tertiary/aromatic N) is 2. The Morgan fingerprint density at radius 3 is 1.79 bits per heavy atom. The zero-order valence-electron chi connectivity index (χ0n) is 24.2. The molecule has 220 valence electrons. The Labute approximate surface area is 250 Å². The van der Waals surface area contributed by atoms with Crippen LogP contribution in [0.5, 0.6) is 0 Å². The lowest BCUT2D eigenvalue weighted by atomic mass is 9.58. The minimum Gasteiger partial charge on any atom is -0.463 e. The highest BCUT2D eigenvalue weighted by atomic mass is 16.4. The fraction of sp³-hybridized carbons (Fsp3) is 0.371. The van der Waals surface area contributed by atoms with Crippen LogP contribution in [0.15, 0.2) is 76.7 Å². The molecule has 0 radical (unpaired) electrons. The van der Waals surface area contributed by atoms with E-state index < -0.39 is 35.5 Å². The van der Waals surface area contributed by atoms with Crippen LogP contribution in [0.2, 0.25) is 0 Å². The van der Waals surface area contributed by atoms with Crippen molar-refractivity contribution in [1.82, 2.24) is 0 Å². The van der Waals surface area contributed by atoms with Gasteiger partial charge < -0.3 is 9.52 Å². The highest BCUT2D eigenvalue weighted by molar-refractivity contribution is 6.24. The lowest BCUT2D eigenvalue weighted by Gasteiger charge is -2.43. The number of benzene rings is 2. The molecule has 2 saturated heterocycles. The summed E-state index contributed by atoms with van der Waals surface area (Å²) in [4.78, 5) is 58.6. The van der Waals surface area contributed by atoms with Crippen LogP contribution in [0.3, 0.4) is 0 Å². The summed E-state index contributed by atoms with van der Waals surface area (Å²) >= 11 is 0. The fourth-order valence-corrected chi connectivity index (χ4v) is 7.82. The highest BCUT2D eigenvalue weighted by Crippen LogP contribution is 2.58. The van der Waals surface area contributed by atoms with E-state index in [1.165, 1.54) is 9.80 Å². The van der Waals surface area contributed by atoms with Gasteiger partial charge in [0.2, 0.25) is 23.6 Å². The molecule has 8 nitrogen and oxygen atoms in total. The van der Waals surface area contributed by atoms with Gasteiger partial charge in [0.1, 0.15) is 18.1 Å². The number of carbonyl (C=O) groups excluding carboxylic acids is 4. The number of aliphatic hydroxyl groups excluding tert-OH is 1. The van der Waals surface area contributed by atoms with Gasteiger partial charge >= 0.3 is 0 Å². The van der Waals surface area contributed by atoms with Gasteiger partial charge in [-0.15, -0.1) is 0 Å². The molecular formula is C35H34N2O6. The molecule has 1 saturated carbocycles. The Morgan fingerprint density at radius 1 is 0.698 bits per heavy atom. The predicted octanol–water partition coefficient (Wildman–Crippen LogP) is 4.94. The maximum atomic E-state index is 14.1. The monoisotopic (exact) mass is 578 g/mol. The van der Waals surface area contributed by atoms with E-state index in [4.69, 9.17) is 4.42 Å². The van der Waals surface area contributed by atoms with E-state index in [0.717, 1.165) is 29.5 Å². The van der Waals surface area contributed by atoms with Crippen LogP contribution in [-0.4, -0.2) is 28.7 Å². The average molecular weight is 579 g/mol. The molecule has 7 rings (SSSR count). The van der Waals surface area contributed by atoms with Crippen molar-refractivity contribution < 1.29 is 28.7 Å². The number of amides is 4. The second-order valence-corrected chi connectivity index (χ2v) is 12.1. The molecule has 4 amide bonds. The van der Waals surface area contributed by atoms with Crippen molar-refractivity contribution in [2.75, 3.05) is 9.80 Å². The fourth-order valence-electron chi connectivity index (χ4n) is 7.82. The first-order valence-electron chi connectivity index (χ1n) is 15.2. The molecule has 3 heterocycles. The quantitative estimate of drug-likeness (QED) is 0.328. The zero-order chi connectivity index (χ0) is 30.0. The van der Waals surface area contributed by atoms with Crippen molar-refractivity contribution in [3.8, 4) is 0 Å². The SMILES string of the molecule is CCc1ccc(N2C(=O)C3CC=C4C(CC5C(=O)N(c6ccc(CC)cc6)C(=O)C5C4c4ccc(CO)o4)C3C2=O)cc1. The molecule has 3 aromatic rings. The summed E-state index contributed by atoms with van der Waals surface area (Å²) in [5.41, 5.74) is 4.17. The molecule has 1 aromatic heterocycles. The molecule has 0 bridgehead atoms. The lowest BCUT2D eigenvalue weighted by molar-refractivity contribution is -0.126. The van der Waals surface area contributed by atoms with Gasteiger partial charge in [-0.2, -0.15) is 0 Å². The maximum absolute atomic E-state index is 14.1. The summed E-state index contributed by atoms with van der Waals surface area (Å²) in [7, 11) is 0. The van der Waals surface area contributed by atoms with Gasteiger partial charge in [-0.05, 0) is 79.1 Å². The highest BCUT2D eigenvalue weighted by Gasteiger charge is 2.62. The van der Waals surface area contributed by atoms with E-state index in [2.05, 4.69) is 6.92 Å². The van der Waals surface area contributed by atoms with Crippen LogP contribution >= 0.6 is 0 Å². The number of allylic oxidation sites excluding steroid dienone is 2. The number of anilines is 2. The number of hydrogen-bond acceptors (Lipinski definition) is 6. The lowest BCUT2D eigenvalue weighted by Crippen LogP contribution is -2.43. The van der Waals surface area contributed by atoms with Gasteiger partial charge in [0, 0.05) is 0 Å². The van der Waals surface area contributed by atoms with Gasteiger partial charge in [-0.1, -0.05) is 49.8 Å². The minimum atomic E-state index is -0.708. The molecule has 8 heteroatoms. The van der Waals surface area contributed by atoms with Crippen molar-refractivity contribution in [3.63, 3.8) is 0 Å². The Kier molecular flexibility index (Phi) is 6.69. The van der Waals surface area contributed by atoms with Crippen LogP contribution in [0, 0.1) is 29.6 Å². The topological polar surface area (TPSA) is 108 Å². The van der Waals surface area contributed by atoms with E-state index in [1.54, 1.807) is 24.3 Å². The van der Waals surface area contributed by atoms with Crippen molar-refractivity contribution in [2.24, 2.45) is 29.6 Å². The first kappa shape index (κ1) is 27.5. The van der Waals surface area contributed by atoms with E-state index in [9.17, 15) is 24.3 Å². The minimum absolute atomic E-state index is 0.222. The molecule has 4 aliphatic rings. The zero-order valence-corrected chi connectivity index (χ0v) is 24.2. The van der Waals surface area contributed by atoms with Crippen molar-refractivity contribution in [2.45, 2.75) is 52.1 Å². The number of hydrogen-bond donors (Lipinski definition) is 1. The molecular weight excluding hydrogens is 544 g/mol. The number of rotatable bonds is 6. The maximum Gasteiger partial charge on any atom is 0.238 e. The first-order chi connectivity index (χ1) is 20.9. The van der Waals surface area contributed by atoms with Gasteiger partial charge in [-0.3, -0.25) is 29.0 Å². The molecule has 1 N–H and O–H groups in total. The second kappa shape index (κ2) is 10.5. The number of fused-ring (bicyclic) bond motifs is 4. The van der Waals surface area contributed by atoms with Crippen LogP contribution < -0.4 is 9.80 Å². The molecule has 6 unspecified atom stereocenters. The Hall–Kier alpha value is -4.30. The third-order valence-electron chi connectivity index (χ3n) is 10.00. The van der Waals surface area contributed by atoms with Crippen molar-refractivity contribution >= 4 is 35.0 Å². The van der Waals surface area contributed by atoms with Gasteiger partial charge in [0.25, 0.3) is 0 Å². The van der Waals surface area contributed by atoms with E-state index >= 15 is 0 Å². The van der Waals surface area contributed by atoms with Crippen molar-refractivity contribution in [3.05, 3.63) is 95.0 Å². The number of imide groups is 2. The summed E-state index contributed by atoms with van der Waals surface area (Å²) in [6, 6.07) is 18.4. The summed E-state index contributed by atoms with van der Waals surface area (Å²) in [5, 5.41) is 9.73. The number of aryl methyl sites for hydroxylation is 2. The van der Waals surface area contributed by atoms with Crippen LogP contribution in [0.4, 0.5) is 11.4 Å². The molecule has 2 aliphatic heterocycles. The molecule has 43 heavy (non-hydrogen) atoms. The summed E-state index contributed by atoms with van der Waals surface area (Å²) in [5.74, 6) is -3.73. The summed E-state index contributed by atoms with van der Waals surface area (Å²) in [6.45, 7) is 3.80. The standard InChI is InChI=1S/C35H34N2O6/c1-3-19-5-9-21(10-6-19)36-32(39)25-15-14-24-26(29(25)34(36)41)17-27-31(30(24)28-16-13-23(18-38)43-28)35(42)37(33(27)40)22-11-7-20(4-2)8-12-22/h5-14,16,25-27,29-31,38H,3-4,15,17-18H2,1-2H3. The summed E-state index contributed by atoms with van der Waals surface area (Å²) < 4.78 is 6.02. The molecule has 2 aromatic carbocycles. The number of aliphatic hydroxyl groups is 1. The average Bonchev–Trinajstić information content (AvgIpc) is 3.69. The first-order valence-corrected chi connectivity index (χ1v) is 15.2. The van der Waals surface area contributed by atoms with Crippen LogP contribution in [0.25, 0.3) is 0 Å². The van der Waals surface area contributed by atoms with Crippen LogP contribution in [-0.2, 0) is 38.6 Å². The molecule has 2 aliphatic carbocycles. The van der Waals surface area contributed by atoms with E-state index in [1.807, 2.05) is 49.4 Å². The second-order valence-electron chi connectivity index (χ2n) is 12.1. The third-order valence-corrected chi connectivity index (χ3v) is 10.00. The van der Waals surface area contributed by atoms with Crippen LogP contribution in [0.1, 0.15) is 55.3 Å². The van der Waals surface area contributed by atoms with Gasteiger partial charge in [0.05, 0.1) is 41.0 Å². The molecule has 3 fully saturated rings. The normalized spacial score (nSPS) is 28.2. The summed E-state index contributed by atoms with van der Waals surface area (Å²) in [6.07, 6.45) is 4.36. The van der Waals surface area contributed by atoms with Crippen molar-refractivity contribution in [1.29, 1.82) is 0 Å². The Balaban J connectivity index is 1.29. The molecule has 0 spiro atoms. The third kappa shape index (κ3) is 4.14. The molecule has 6 atom stereocenters. The van der Waals surface area contributed by atoms with Gasteiger partial charge in [0.15, 0.2) is 0 Å². The van der Waals surface area contributed by atoms with Gasteiger partial charge in [-0.25, -0.2) is 0 Å². The van der Waals surface area contributed by atoms with E-state index in [-0.39, 0.29) is 30.2 Å². The number of furan rings is 1. The largest absolute Gasteiger partial charge is 0.463 e. The van der Waals surface area contributed by atoms with E-state index in [0.29, 0.717) is 35.7 Å². The number of carbonyl (C=O) groups is 4.